The molecule has 0 N–H and O–H groups in total. The van der Waals surface area contributed by atoms with Gasteiger partial charge < -0.3 is 10.1 Å². The van der Waals surface area contributed by atoms with E-state index in [1.54, 1.807) is 4.90 Å². The van der Waals surface area contributed by atoms with Crippen LogP contribution in [0.4, 0.5) is 11.4 Å². The summed E-state index contributed by atoms with van der Waals surface area (Å²) in [5.41, 5.74) is -1.17. The van der Waals surface area contributed by atoms with Gasteiger partial charge in [0.25, 0.3) is 5.69 Å². The quantitative estimate of drug-likeness (QED) is 0.325. The highest BCUT2D eigenvalue weighted by Crippen LogP contribution is 2.31. The summed E-state index contributed by atoms with van der Waals surface area (Å²) in [6.07, 6.45) is 0. The fourth-order valence-electron chi connectivity index (χ4n) is 2.15. The lowest BCUT2D eigenvalue weighted by atomic mass is 10.2. The molecule has 0 spiro atoms. The van der Waals surface area contributed by atoms with Crippen molar-refractivity contribution >= 4 is 17.3 Å². The van der Waals surface area contributed by atoms with Crippen LogP contribution < -0.4 is 4.84 Å². The Bertz CT molecular complexity index is 729. The van der Waals surface area contributed by atoms with Crippen molar-refractivity contribution in [3.8, 4) is 5.75 Å². The Morgan fingerprint density at radius 3 is 2.28 bits per heavy atom. The molecule has 1 aromatic rings. The molecule has 0 unspecified atom stereocenters. The van der Waals surface area contributed by atoms with Crippen LogP contribution in [-0.2, 0) is 4.79 Å². The number of nitro groups is 2. The van der Waals surface area contributed by atoms with Gasteiger partial charge in [-0.05, 0) is 6.07 Å². The standard InChI is InChI=1S/C12H14N6O7/c1-9(19)14-4-6-15(7-5-14)18(24)13-25-12-3-2-10(16(20)21)8-11(12)17(22)23/h2-3,8H,4-7H2,1H3/b18-13-. The molecular formula is C12H14N6O7. The molecular weight excluding hydrogens is 340 g/mol. The van der Waals surface area contributed by atoms with E-state index in [9.17, 15) is 30.2 Å². The van der Waals surface area contributed by atoms with Crippen molar-refractivity contribution in [1.29, 1.82) is 0 Å². The molecule has 25 heavy (non-hydrogen) atoms. The lowest BCUT2D eigenvalue weighted by Crippen LogP contribution is -2.50. The van der Waals surface area contributed by atoms with Crippen LogP contribution in [0, 0.1) is 25.4 Å². The fourth-order valence-corrected chi connectivity index (χ4v) is 2.15. The maximum atomic E-state index is 11.9. The van der Waals surface area contributed by atoms with Crippen LogP contribution >= 0.6 is 0 Å². The predicted octanol–water partition coefficient (Wildman–Crippen LogP) is 0.838. The van der Waals surface area contributed by atoms with Gasteiger partial charge in [-0.25, -0.2) is 0 Å². The van der Waals surface area contributed by atoms with E-state index >= 15 is 0 Å². The van der Waals surface area contributed by atoms with Crippen LogP contribution in [0.2, 0.25) is 0 Å². The summed E-state index contributed by atoms with van der Waals surface area (Å²) < 4.78 is 0. The SMILES string of the molecule is CC(=O)N1CCN(/[N+]([O-])=N/Oc2ccc([N+](=O)[O-])cc2[N+](=O)[O-])CC1. The normalized spacial score (nSPS) is 15.0. The third kappa shape index (κ3) is 4.27. The van der Waals surface area contributed by atoms with Gasteiger partial charge in [-0.1, -0.05) is 0 Å². The summed E-state index contributed by atoms with van der Waals surface area (Å²) in [7, 11) is 0. The fraction of sp³-hybridized carbons (Fsp3) is 0.417. The number of hydrogen-bond donors (Lipinski definition) is 0. The molecule has 1 aromatic carbocycles. The molecule has 0 aromatic heterocycles. The van der Waals surface area contributed by atoms with Gasteiger partial charge in [0.05, 0.1) is 34.0 Å². The highest BCUT2D eigenvalue weighted by atomic mass is 16.7. The first-order valence-corrected chi connectivity index (χ1v) is 7.08. The molecule has 1 heterocycles. The van der Waals surface area contributed by atoms with Gasteiger partial charge >= 0.3 is 5.69 Å². The largest absolute Gasteiger partial charge is 0.569 e. The predicted molar refractivity (Wildman–Crippen MR) is 80.3 cm³/mol. The second-order valence-electron chi connectivity index (χ2n) is 5.05. The summed E-state index contributed by atoms with van der Waals surface area (Å²) in [5.74, 6) is -0.509. The summed E-state index contributed by atoms with van der Waals surface area (Å²) in [6.45, 7) is 2.53. The van der Waals surface area contributed by atoms with Crippen molar-refractivity contribution in [3.05, 3.63) is 43.6 Å². The lowest BCUT2D eigenvalue weighted by Gasteiger charge is -2.30. The average Bonchev–Trinajstić information content (AvgIpc) is 2.59. The van der Waals surface area contributed by atoms with E-state index in [-0.39, 0.29) is 24.0 Å². The minimum Gasteiger partial charge on any atom is -0.569 e. The molecule has 13 nitrogen and oxygen atoms in total. The van der Waals surface area contributed by atoms with E-state index < -0.39 is 27.0 Å². The van der Waals surface area contributed by atoms with Gasteiger partial charge in [0.1, 0.15) is 0 Å². The first-order chi connectivity index (χ1) is 11.8. The highest BCUT2D eigenvalue weighted by Gasteiger charge is 2.25. The Morgan fingerprint density at radius 2 is 1.76 bits per heavy atom. The molecule has 0 bridgehead atoms. The van der Waals surface area contributed by atoms with Crippen LogP contribution in [0.1, 0.15) is 6.92 Å². The monoisotopic (exact) mass is 354 g/mol. The van der Waals surface area contributed by atoms with Crippen LogP contribution in [-0.4, -0.2) is 56.8 Å². The van der Waals surface area contributed by atoms with E-state index in [4.69, 9.17) is 4.84 Å². The number of hydrazine groups is 1. The number of rotatable bonds is 5. The molecule has 0 radical (unpaired) electrons. The van der Waals surface area contributed by atoms with Gasteiger partial charge in [-0.3, -0.25) is 29.9 Å². The molecule has 1 saturated heterocycles. The minimum absolute atomic E-state index is 0.105. The van der Waals surface area contributed by atoms with Crippen molar-refractivity contribution in [3.63, 3.8) is 0 Å². The van der Waals surface area contributed by atoms with Crippen molar-refractivity contribution in [1.82, 2.24) is 9.91 Å². The first kappa shape index (κ1) is 17.8. The molecule has 1 aliphatic rings. The van der Waals surface area contributed by atoms with Crippen molar-refractivity contribution in [2.24, 2.45) is 5.28 Å². The third-order valence-electron chi connectivity index (χ3n) is 3.50. The number of nitro benzene ring substituents is 2. The number of non-ortho nitro benzene ring substituents is 1. The van der Waals surface area contributed by atoms with E-state index in [0.29, 0.717) is 19.2 Å². The van der Waals surface area contributed by atoms with Crippen molar-refractivity contribution in [2.45, 2.75) is 6.92 Å². The first-order valence-electron chi connectivity index (χ1n) is 7.08. The lowest BCUT2D eigenvalue weighted by molar-refractivity contribution is -0.708. The van der Waals surface area contributed by atoms with E-state index in [1.165, 1.54) is 11.9 Å². The number of benzene rings is 1. The Hall–Kier alpha value is -3.51. The van der Waals surface area contributed by atoms with Gasteiger partial charge in [0.2, 0.25) is 16.9 Å². The van der Waals surface area contributed by atoms with Crippen LogP contribution in [0.5, 0.6) is 5.75 Å². The van der Waals surface area contributed by atoms with Gasteiger partial charge in [-0.2, -0.15) is 0 Å². The van der Waals surface area contributed by atoms with Crippen molar-refractivity contribution in [2.75, 3.05) is 26.2 Å². The zero-order chi connectivity index (χ0) is 18.6. The highest BCUT2D eigenvalue weighted by molar-refractivity contribution is 5.73. The zero-order valence-electron chi connectivity index (χ0n) is 13.1. The number of hydrogen-bond acceptors (Lipinski definition) is 8. The van der Waals surface area contributed by atoms with Crippen LogP contribution in [0.3, 0.4) is 0 Å². The zero-order valence-corrected chi connectivity index (χ0v) is 13.1. The van der Waals surface area contributed by atoms with E-state index in [0.717, 1.165) is 12.1 Å². The summed E-state index contributed by atoms with van der Waals surface area (Å²) in [4.78, 5) is 37.6. The molecule has 0 aliphatic carbocycles. The Labute approximate surface area is 140 Å². The van der Waals surface area contributed by atoms with Crippen LogP contribution in [0.25, 0.3) is 0 Å². The molecule has 0 atom stereocenters. The second-order valence-corrected chi connectivity index (χ2v) is 5.05. The van der Waals surface area contributed by atoms with Gasteiger partial charge in [-0.15, -0.1) is 5.01 Å². The van der Waals surface area contributed by atoms with Gasteiger partial charge in [0.15, 0.2) is 0 Å². The smallest absolute Gasteiger partial charge is 0.321 e. The topological polar surface area (TPSA) is 157 Å². The number of nitrogens with zero attached hydrogens (tertiary/aromatic N) is 6. The molecule has 13 heteroatoms. The Balaban J connectivity index is 2.09. The maximum absolute atomic E-state index is 11.9. The number of carbonyl (C=O) groups is 1. The molecule has 1 fully saturated rings. The van der Waals surface area contributed by atoms with Gasteiger partial charge in [0, 0.05) is 26.1 Å². The third-order valence-corrected chi connectivity index (χ3v) is 3.50. The summed E-state index contributed by atoms with van der Waals surface area (Å²) in [5, 5.41) is 38.0. The average molecular weight is 354 g/mol. The summed E-state index contributed by atoms with van der Waals surface area (Å²) in [6, 6.07) is 2.70. The molecule has 134 valence electrons. The molecule has 1 amide bonds. The Morgan fingerprint density at radius 1 is 1.12 bits per heavy atom. The minimum atomic E-state index is -0.876. The van der Waals surface area contributed by atoms with E-state index in [1.807, 2.05) is 0 Å². The summed E-state index contributed by atoms with van der Waals surface area (Å²) >= 11 is 0. The number of piperazine rings is 1. The number of amides is 1. The van der Waals surface area contributed by atoms with Crippen molar-refractivity contribution < 1.29 is 24.4 Å². The molecule has 1 aliphatic heterocycles. The maximum Gasteiger partial charge on any atom is 0.321 e. The molecule has 0 saturated carbocycles. The Kier molecular flexibility index (Phi) is 5.26. The second kappa shape index (κ2) is 7.37. The molecule has 2 rings (SSSR count). The van der Waals surface area contributed by atoms with Crippen LogP contribution in [0.15, 0.2) is 23.5 Å². The van der Waals surface area contributed by atoms with E-state index in [2.05, 4.69) is 5.28 Å². The number of carbonyl (C=O) groups excluding carboxylic acids is 1.